The van der Waals surface area contributed by atoms with E-state index >= 15 is 0 Å². The first-order chi connectivity index (χ1) is 6.33. The topological polar surface area (TPSA) is 20.2 Å². The van der Waals surface area contributed by atoms with Crippen LogP contribution >= 0.6 is 0 Å². The molecule has 0 aromatic carbocycles. The monoisotopic (exact) mass is 184 g/mol. The summed E-state index contributed by atoms with van der Waals surface area (Å²) in [5.41, 5.74) is 0. The first kappa shape index (κ1) is 11.0. The zero-order chi connectivity index (χ0) is 9.52. The standard InChI is InChI=1S/C12H24O/c1-2-3-4-5-9-12(13)10-11-7-6-8-11/h11-13H,2-10H2,1H3. The molecule has 0 bridgehead atoms. The fourth-order valence-corrected chi connectivity index (χ4v) is 2.04. The average molecular weight is 184 g/mol. The van der Waals surface area contributed by atoms with Crippen LogP contribution in [-0.4, -0.2) is 11.2 Å². The summed E-state index contributed by atoms with van der Waals surface area (Å²) in [6, 6.07) is 0. The van der Waals surface area contributed by atoms with E-state index in [1.54, 1.807) is 0 Å². The van der Waals surface area contributed by atoms with E-state index < -0.39 is 0 Å². The van der Waals surface area contributed by atoms with Crippen molar-refractivity contribution in [1.29, 1.82) is 0 Å². The van der Waals surface area contributed by atoms with Gasteiger partial charge in [0, 0.05) is 0 Å². The first-order valence-electron chi connectivity index (χ1n) is 6.01. The zero-order valence-corrected chi connectivity index (χ0v) is 8.97. The van der Waals surface area contributed by atoms with Crippen LogP contribution in [0.4, 0.5) is 0 Å². The molecule has 1 N–H and O–H groups in total. The molecule has 78 valence electrons. The van der Waals surface area contributed by atoms with Gasteiger partial charge in [0.1, 0.15) is 0 Å². The lowest BCUT2D eigenvalue weighted by Crippen LogP contribution is -2.19. The van der Waals surface area contributed by atoms with Gasteiger partial charge in [-0.1, -0.05) is 51.9 Å². The van der Waals surface area contributed by atoms with Crippen molar-refractivity contribution in [2.24, 2.45) is 5.92 Å². The second-order valence-electron chi connectivity index (χ2n) is 4.54. The molecule has 1 aliphatic carbocycles. The van der Waals surface area contributed by atoms with Crippen molar-refractivity contribution in [3.63, 3.8) is 0 Å². The Kier molecular flexibility index (Phi) is 5.45. The van der Waals surface area contributed by atoms with E-state index in [-0.39, 0.29) is 6.10 Å². The number of unbranched alkanes of at least 4 members (excludes halogenated alkanes) is 3. The van der Waals surface area contributed by atoms with Crippen molar-refractivity contribution in [1.82, 2.24) is 0 Å². The Bertz CT molecular complexity index is 118. The minimum atomic E-state index is 0.00200. The van der Waals surface area contributed by atoms with Gasteiger partial charge in [0.2, 0.25) is 0 Å². The number of aliphatic hydroxyl groups excluding tert-OH is 1. The second-order valence-corrected chi connectivity index (χ2v) is 4.54. The molecule has 1 aliphatic rings. The second kappa shape index (κ2) is 6.42. The third-order valence-corrected chi connectivity index (χ3v) is 3.22. The summed E-state index contributed by atoms with van der Waals surface area (Å²) in [6.45, 7) is 2.23. The van der Waals surface area contributed by atoms with Gasteiger partial charge in [-0.15, -0.1) is 0 Å². The number of rotatable bonds is 7. The van der Waals surface area contributed by atoms with Gasteiger partial charge in [0.15, 0.2) is 0 Å². The summed E-state index contributed by atoms with van der Waals surface area (Å²) in [6.07, 6.45) is 11.4. The highest BCUT2D eigenvalue weighted by Crippen LogP contribution is 2.31. The summed E-state index contributed by atoms with van der Waals surface area (Å²) in [4.78, 5) is 0. The molecular weight excluding hydrogens is 160 g/mol. The molecule has 0 heterocycles. The van der Waals surface area contributed by atoms with Crippen molar-refractivity contribution < 1.29 is 5.11 Å². The fourth-order valence-electron chi connectivity index (χ4n) is 2.04. The smallest absolute Gasteiger partial charge is 0.0542 e. The summed E-state index contributed by atoms with van der Waals surface area (Å²) < 4.78 is 0. The van der Waals surface area contributed by atoms with Crippen LogP contribution in [-0.2, 0) is 0 Å². The quantitative estimate of drug-likeness (QED) is 0.600. The Labute approximate surface area is 82.5 Å². The molecule has 1 nitrogen and oxygen atoms in total. The minimum Gasteiger partial charge on any atom is -0.393 e. The van der Waals surface area contributed by atoms with Crippen LogP contribution in [0.3, 0.4) is 0 Å². The van der Waals surface area contributed by atoms with Crippen molar-refractivity contribution in [2.45, 2.75) is 70.8 Å². The van der Waals surface area contributed by atoms with E-state index in [4.69, 9.17) is 0 Å². The highest BCUT2D eigenvalue weighted by Gasteiger charge is 2.20. The van der Waals surface area contributed by atoms with Gasteiger partial charge in [0.25, 0.3) is 0 Å². The third-order valence-electron chi connectivity index (χ3n) is 3.22. The van der Waals surface area contributed by atoms with E-state index in [1.807, 2.05) is 0 Å². The molecule has 1 unspecified atom stereocenters. The van der Waals surface area contributed by atoms with Gasteiger partial charge in [0.05, 0.1) is 6.10 Å². The van der Waals surface area contributed by atoms with E-state index in [9.17, 15) is 5.11 Å². The van der Waals surface area contributed by atoms with Crippen molar-refractivity contribution in [3.05, 3.63) is 0 Å². The Morgan fingerprint density at radius 1 is 1.23 bits per heavy atom. The summed E-state index contributed by atoms with van der Waals surface area (Å²) in [5, 5.41) is 9.68. The van der Waals surface area contributed by atoms with E-state index in [1.165, 1.54) is 44.9 Å². The van der Waals surface area contributed by atoms with Crippen molar-refractivity contribution in [3.8, 4) is 0 Å². The molecule has 0 spiro atoms. The fraction of sp³-hybridized carbons (Fsp3) is 1.00. The van der Waals surface area contributed by atoms with Gasteiger partial charge in [-0.05, 0) is 18.8 Å². The number of hydrogen-bond donors (Lipinski definition) is 1. The molecule has 1 heteroatoms. The highest BCUT2D eigenvalue weighted by molar-refractivity contribution is 4.72. The van der Waals surface area contributed by atoms with Gasteiger partial charge in [-0.3, -0.25) is 0 Å². The largest absolute Gasteiger partial charge is 0.393 e. The van der Waals surface area contributed by atoms with E-state index in [0.717, 1.165) is 18.8 Å². The predicted octanol–water partition coefficient (Wildman–Crippen LogP) is 3.51. The summed E-state index contributed by atoms with van der Waals surface area (Å²) in [5.74, 6) is 0.862. The van der Waals surface area contributed by atoms with Crippen molar-refractivity contribution in [2.75, 3.05) is 0 Å². The van der Waals surface area contributed by atoms with Crippen LogP contribution in [0.15, 0.2) is 0 Å². The Hall–Kier alpha value is -0.0400. The van der Waals surface area contributed by atoms with Gasteiger partial charge in [-0.25, -0.2) is 0 Å². The predicted molar refractivity (Wildman–Crippen MR) is 56.7 cm³/mol. The molecule has 1 fully saturated rings. The maximum Gasteiger partial charge on any atom is 0.0542 e. The first-order valence-corrected chi connectivity index (χ1v) is 6.01. The molecule has 0 aromatic rings. The SMILES string of the molecule is CCCCCCC(O)CC1CCC1. The molecule has 0 radical (unpaired) electrons. The average Bonchev–Trinajstić information content (AvgIpc) is 2.06. The van der Waals surface area contributed by atoms with Crippen LogP contribution in [0.25, 0.3) is 0 Å². The molecule has 0 aromatic heterocycles. The van der Waals surface area contributed by atoms with Gasteiger partial charge in [-0.2, -0.15) is 0 Å². The molecule has 13 heavy (non-hydrogen) atoms. The summed E-state index contributed by atoms with van der Waals surface area (Å²) >= 11 is 0. The Balaban J connectivity index is 1.87. The van der Waals surface area contributed by atoms with E-state index in [2.05, 4.69) is 6.92 Å². The lowest BCUT2D eigenvalue weighted by atomic mass is 9.81. The van der Waals surface area contributed by atoms with Crippen molar-refractivity contribution >= 4 is 0 Å². The number of hydrogen-bond acceptors (Lipinski definition) is 1. The lowest BCUT2D eigenvalue weighted by molar-refractivity contribution is 0.107. The van der Waals surface area contributed by atoms with Gasteiger partial charge >= 0.3 is 0 Å². The molecular formula is C12H24O. The van der Waals surface area contributed by atoms with E-state index in [0.29, 0.717) is 0 Å². The lowest BCUT2D eigenvalue weighted by Gasteiger charge is -2.27. The number of aliphatic hydroxyl groups is 1. The molecule has 1 rings (SSSR count). The molecule has 1 atom stereocenters. The highest BCUT2D eigenvalue weighted by atomic mass is 16.3. The Morgan fingerprint density at radius 3 is 2.54 bits per heavy atom. The molecule has 1 saturated carbocycles. The zero-order valence-electron chi connectivity index (χ0n) is 8.97. The van der Waals surface area contributed by atoms with Crippen LogP contribution in [0.1, 0.15) is 64.7 Å². The van der Waals surface area contributed by atoms with Crippen LogP contribution in [0, 0.1) is 5.92 Å². The maximum absolute atomic E-state index is 9.68. The van der Waals surface area contributed by atoms with Gasteiger partial charge < -0.3 is 5.11 Å². The maximum atomic E-state index is 9.68. The van der Waals surface area contributed by atoms with Crippen LogP contribution in [0.2, 0.25) is 0 Å². The minimum absolute atomic E-state index is 0.00200. The van der Waals surface area contributed by atoms with Crippen LogP contribution < -0.4 is 0 Å². The third kappa shape index (κ3) is 4.66. The Morgan fingerprint density at radius 2 is 2.00 bits per heavy atom. The van der Waals surface area contributed by atoms with Crippen LogP contribution in [0.5, 0.6) is 0 Å². The summed E-state index contributed by atoms with van der Waals surface area (Å²) in [7, 11) is 0. The molecule has 0 aliphatic heterocycles. The molecule has 0 saturated heterocycles. The molecule has 0 amide bonds. The normalized spacial score (nSPS) is 19.8.